The van der Waals surface area contributed by atoms with E-state index in [1.54, 1.807) is 0 Å². The van der Waals surface area contributed by atoms with Crippen LogP contribution in [0.25, 0.3) is 0 Å². The van der Waals surface area contributed by atoms with Crippen molar-refractivity contribution in [1.82, 2.24) is 9.80 Å². The van der Waals surface area contributed by atoms with Crippen molar-refractivity contribution < 1.29 is 9.59 Å². The number of piperidine rings is 1. The van der Waals surface area contributed by atoms with Gasteiger partial charge in [0.05, 0.1) is 0 Å². The van der Waals surface area contributed by atoms with E-state index in [2.05, 4.69) is 6.92 Å². The van der Waals surface area contributed by atoms with Gasteiger partial charge >= 0.3 is 0 Å². The van der Waals surface area contributed by atoms with Gasteiger partial charge in [-0.25, -0.2) is 0 Å². The molecule has 5 nitrogen and oxygen atoms in total. The average molecular weight is 338 g/mol. The van der Waals surface area contributed by atoms with Crippen molar-refractivity contribution in [1.29, 1.82) is 0 Å². The zero-order chi connectivity index (χ0) is 18.3. The molecular formula is C19H35N3O2. The Balaban J connectivity index is 0.00000139. The molecule has 0 N–H and O–H groups in total. The summed E-state index contributed by atoms with van der Waals surface area (Å²) in [5.41, 5.74) is -0.590. The van der Waals surface area contributed by atoms with Crippen molar-refractivity contribution in [2.24, 2.45) is 10.9 Å². The Morgan fingerprint density at radius 2 is 1.79 bits per heavy atom. The number of likely N-dealkylation sites (tertiary alicyclic amines) is 1. The molecule has 0 saturated carbocycles. The normalized spacial score (nSPS) is 19.5. The maximum atomic E-state index is 12.8. The first-order valence-corrected chi connectivity index (χ1v) is 9.64. The van der Waals surface area contributed by atoms with E-state index in [0.717, 1.165) is 25.1 Å². The predicted octanol–water partition coefficient (Wildman–Crippen LogP) is 3.48. The molecule has 0 atom stereocenters. The second-order valence-corrected chi connectivity index (χ2v) is 6.69. The Labute approximate surface area is 147 Å². The molecule has 138 valence electrons. The zero-order valence-electron chi connectivity index (χ0n) is 16.4. The average Bonchev–Trinajstić information content (AvgIpc) is 2.86. The first-order chi connectivity index (χ1) is 11.4. The largest absolute Gasteiger partial charge is 0.342 e. The van der Waals surface area contributed by atoms with Crippen molar-refractivity contribution in [3.63, 3.8) is 0 Å². The third kappa shape index (κ3) is 4.17. The van der Waals surface area contributed by atoms with Crippen LogP contribution in [0.15, 0.2) is 4.99 Å². The second-order valence-electron chi connectivity index (χ2n) is 6.69. The fourth-order valence-electron chi connectivity index (χ4n) is 3.36. The van der Waals surface area contributed by atoms with Crippen molar-refractivity contribution in [2.45, 2.75) is 79.2 Å². The number of nitrogens with zero attached hydrogens (tertiary/aromatic N) is 3. The van der Waals surface area contributed by atoms with Crippen LogP contribution in [0.4, 0.5) is 0 Å². The van der Waals surface area contributed by atoms with Crippen LogP contribution < -0.4 is 0 Å². The van der Waals surface area contributed by atoms with Gasteiger partial charge in [-0.3, -0.25) is 19.5 Å². The summed E-state index contributed by atoms with van der Waals surface area (Å²) in [4.78, 5) is 33.5. The van der Waals surface area contributed by atoms with Gasteiger partial charge in [-0.2, -0.15) is 0 Å². The summed E-state index contributed by atoms with van der Waals surface area (Å²) >= 11 is 0. The van der Waals surface area contributed by atoms with E-state index >= 15 is 0 Å². The molecule has 0 aliphatic carbocycles. The van der Waals surface area contributed by atoms with Gasteiger partial charge in [0.25, 0.3) is 5.91 Å². The van der Waals surface area contributed by atoms with E-state index in [1.165, 1.54) is 0 Å². The molecule has 0 aromatic carbocycles. The number of carbonyl (C=O) groups is 2. The number of hydrogen-bond donors (Lipinski definition) is 0. The number of amidine groups is 1. The summed E-state index contributed by atoms with van der Waals surface area (Å²) in [6.07, 6.45) is 4.38. The lowest BCUT2D eigenvalue weighted by molar-refractivity contribution is -0.140. The topological polar surface area (TPSA) is 53.0 Å². The summed E-state index contributed by atoms with van der Waals surface area (Å²) in [6, 6.07) is 0. The molecule has 0 bridgehead atoms. The molecule has 1 saturated heterocycles. The SMILES string of the molecule is CC.CCCCC1=NC2(CCN(C(=O)C(C)C)CC2)C(=O)N1CC. The molecule has 24 heavy (non-hydrogen) atoms. The number of aliphatic imine (C=N–C) groups is 1. The van der Waals surface area contributed by atoms with E-state index in [4.69, 9.17) is 4.99 Å². The van der Waals surface area contributed by atoms with Gasteiger partial charge in [0.2, 0.25) is 5.91 Å². The van der Waals surface area contributed by atoms with E-state index in [0.29, 0.717) is 32.5 Å². The van der Waals surface area contributed by atoms with Crippen LogP contribution in [0, 0.1) is 5.92 Å². The number of amides is 2. The fourth-order valence-corrected chi connectivity index (χ4v) is 3.36. The lowest BCUT2D eigenvalue weighted by atomic mass is 9.87. The van der Waals surface area contributed by atoms with E-state index in [9.17, 15) is 9.59 Å². The van der Waals surface area contributed by atoms with Crippen molar-refractivity contribution in [3.8, 4) is 0 Å². The highest BCUT2D eigenvalue weighted by atomic mass is 16.2. The minimum absolute atomic E-state index is 0.0177. The van der Waals surface area contributed by atoms with Crippen LogP contribution in [0.1, 0.15) is 73.6 Å². The summed E-state index contributed by atoms with van der Waals surface area (Å²) in [7, 11) is 0. The van der Waals surface area contributed by atoms with Crippen LogP contribution in [0.5, 0.6) is 0 Å². The number of carbonyl (C=O) groups excluding carboxylic acids is 2. The van der Waals surface area contributed by atoms with Crippen molar-refractivity contribution >= 4 is 17.6 Å². The Morgan fingerprint density at radius 3 is 2.25 bits per heavy atom. The van der Waals surface area contributed by atoms with Gasteiger partial charge in [0, 0.05) is 32.0 Å². The number of hydrogen-bond acceptors (Lipinski definition) is 3. The molecule has 0 aromatic rings. The summed E-state index contributed by atoms with van der Waals surface area (Å²) in [5.74, 6) is 1.31. The van der Waals surface area contributed by atoms with E-state index in [-0.39, 0.29) is 17.7 Å². The second kappa shape index (κ2) is 9.19. The van der Waals surface area contributed by atoms with Crippen molar-refractivity contribution in [2.75, 3.05) is 19.6 Å². The minimum Gasteiger partial charge on any atom is -0.342 e. The molecule has 2 rings (SSSR count). The molecule has 2 heterocycles. The quantitative estimate of drug-likeness (QED) is 0.771. The Morgan fingerprint density at radius 1 is 1.21 bits per heavy atom. The van der Waals surface area contributed by atoms with Crippen LogP contribution in [0.3, 0.4) is 0 Å². The van der Waals surface area contributed by atoms with Gasteiger partial charge in [-0.1, -0.05) is 41.0 Å². The van der Waals surface area contributed by atoms with Gasteiger partial charge in [0.15, 0.2) is 0 Å². The Kier molecular flexibility index (Phi) is 7.91. The third-order valence-corrected chi connectivity index (χ3v) is 4.76. The zero-order valence-corrected chi connectivity index (χ0v) is 16.4. The van der Waals surface area contributed by atoms with Gasteiger partial charge < -0.3 is 4.90 Å². The predicted molar refractivity (Wildman–Crippen MR) is 99.1 cm³/mol. The molecule has 1 fully saturated rings. The molecule has 5 heteroatoms. The van der Waals surface area contributed by atoms with E-state index < -0.39 is 5.54 Å². The Hall–Kier alpha value is -1.39. The number of unbranched alkanes of at least 4 members (excludes halogenated alkanes) is 1. The van der Waals surface area contributed by atoms with Gasteiger partial charge in [-0.15, -0.1) is 0 Å². The molecule has 0 unspecified atom stereocenters. The van der Waals surface area contributed by atoms with Gasteiger partial charge in [-0.05, 0) is 26.2 Å². The first-order valence-electron chi connectivity index (χ1n) is 9.64. The highest BCUT2D eigenvalue weighted by molar-refractivity contribution is 6.08. The molecule has 1 spiro atoms. The van der Waals surface area contributed by atoms with Crippen LogP contribution >= 0.6 is 0 Å². The number of rotatable bonds is 5. The fraction of sp³-hybridized carbons (Fsp3) is 0.842. The van der Waals surface area contributed by atoms with Gasteiger partial charge in [0.1, 0.15) is 11.4 Å². The maximum Gasteiger partial charge on any atom is 0.255 e. The number of likely N-dealkylation sites (N-methyl/N-ethyl adjacent to an activating group) is 1. The first kappa shape index (κ1) is 20.7. The van der Waals surface area contributed by atoms with E-state index in [1.807, 2.05) is 44.4 Å². The highest BCUT2D eigenvalue weighted by Gasteiger charge is 2.49. The van der Waals surface area contributed by atoms with Crippen LogP contribution in [-0.2, 0) is 9.59 Å². The Bertz CT molecular complexity index is 463. The monoisotopic (exact) mass is 337 g/mol. The highest BCUT2D eigenvalue weighted by Crippen LogP contribution is 2.34. The molecule has 2 aliphatic rings. The molecule has 0 radical (unpaired) electrons. The smallest absolute Gasteiger partial charge is 0.255 e. The standard InChI is InChI=1S/C17H29N3O2.C2H6/c1-5-7-8-14-18-17(16(22)20(14)6-2)9-11-19(12-10-17)15(21)13(3)4;1-2/h13H,5-12H2,1-4H3;1-2H3. The van der Waals surface area contributed by atoms with Crippen LogP contribution in [-0.4, -0.2) is 52.6 Å². The lowest BCUT2D eigenvalue weighted by Crippen LogP contribution is -2.51. The maximum absolute atomic E-state index is 12.8. The van der Waals surface area contributed by atoms with Crippen LogP contribution in [0.2, 0.25) is 0 Å². The summed E-state index contributed by atoms with van der Waals surface area (Å²) in [5, 5.41) is 0. The molecule has 2 aliphatic heterocycles. The molecular weight excluding hydrogens is 302 g/mol. The summed E-state index contributed by atoms with van der Waals surface area (Å²) in [6.45, 7) is 14.0. The van der Waals surface area contributed by atoms with Crippen molar-refractivity contribution in [3.05, 3.63) is 0 Å². The third-order valence-electron chi connectivity index (χ3n) is 4.76. The molecule has 2 amide bonds. The lowest BCUT2D eigenvalue weighted by Gasteiger charge is -2.37. The summed E-state index contributed by atoms with van der Waals surface area (Å²) < 4.78 is 0. The minimum atomic E-state index is -0.590. The molecule has 0 aromatic heterocycles.